The zero-order chi connectivity index (χ0) is 13.0. The maximum absolute atomic E-state index is 5.60. The molecule has 0 unspecified atom stereocenters. The highest BCUT2D eigenvalue weighted by Crippen LogP contribution is 2.27. The van der Waals surface area contributed by atoms with Crippen molar-refractivity contribution in [2.24, 2.45) is 5.73 Å². The fraction of sp³-hybridized carbons (Fsp3) is 0.400. The van der Waals surface area contributed by atoms with Crippen molar-refractivity contribution in [2.75, 3.05) is 6.54 Å². The molecule has 1 aromatic heterocycles. The Hall–Kier alpha value is -1.61. The van der Waals surface area contributed by atoms with E-state index >= 15 is 0 Å². The molecule has 0 aliphatic heterocycles. The number of benzene rings is 1. The van der Waals surface area contributed by atoms with Gasteiger partial charge in [-0.3, -0.25) is 4.68 Å². The molecule has 3 heteroatoms. The van der Waals surface area contributed by atoms with E-state index in [2.05, 4.69) is 47.9 Å². The lowest BCUT2D eigenvalue weighted by Crippen LogP contribution is -2.06. The van der Waals surface area contributed by atoms with Crippen LogP contribution < -0.4 is 5.73 Å². The number of nitrogens with zero attached hydrogens (tertiary/aromatic N) is 2. The number of hydrogen-bond donors (Lipinski definition) is 1. The molecule has 0 amide bonds. The first kappa shape index (κ1) is 12.8. The Balaban J connectivity index is 2.44. The van der Waals surface area contributed by atoms with Crippen molar-refractivity contribution in [3.05, 3.63) is 42.1 Å². The van der Waals surface area contributed by atoms with Crippen LogP contribution in [0.25, 0.3) is 11.3 Å². The van der Waals surface area contributed by atoms with Crippen molar-refractivity contribution in [3.8, 4) is 11.3 Å². The first-order valence-electron chi connectivity index (χ1n) is 6.56. The molecule has 0 aliphatic carbocycles. The van der Waals surface area contributed by atoms with Crippen LogP contribution in [0.3, 0.4) is 0 Å². The number of rotatable bonds is 5. The first-order chi connectivity index (χ1) is 8.74. The van der Waals surface area contributed by atoms with Gasteiger partial charge in [0.2, 0.25) is 0 Å². The molecule has 0 spiro atoms. The second-order valence-corrected chi connectivity index (χ2v) is 4.81. The molecule has 0 atom stereocenters. The molecule has 0 radical (unpaired) electrons. The van der Waals surface area contributed by atoms with E-state index in [-0.39, 0.29) is 0 Å². The number of aryl methyl sites for hydroxylation is 1. The smallest absolute Gasteiger partial charge is 0.0717 e. The van der Waals surface area contributed by atoms with Gasteiger partial charge in [-0.05, 0) is 38.8 Å². The normalized spacial score (nSPS) is 11.1. The molecule has 1 aromatic carbocycles. The number of hydrogen-bond acceptors (Lipinski definition) is 2. The van der Waals surface area contributed by atoms with E-state index < -0.39 is 0 Å². The van der Waals surface area contributed by atoms with Gasteiger partial charge in [0, 0.05) is 11.6 Å². The minimum atomic E-state index is 0.367. The highest BCUT2D eigenvalue weighted by molar-refractivity contribution is 5.63. The predicted molar refractivity (Wildman–Crippen MR) is 75.4 cm³/mol. The standard InChI is InChI=1S/C15H21N3/c1-12(2)18-15(13-7-4-3-5-8-13)14(11-17-18)9-6-10-16/h3-5,7-8,11-12H,6,9-10,16H2,1-2H3. The van der Waals surface area contributed by atoms with Gasteiger partial charge < -0.3 is 5.73 Å². The third-order valence-electron chi connectivity index (χ3n) is 3.06. The molecule has 1 heterocycles. The van der Waals surface area contributed by atoms with Gasteiger partial charge in [-0.1, -0.05) is 30.3 Å². The van der Waals surface area contributed by atoms with Gasteiger partial charge >= 0.3 is 0 Å². The molecular weight excluding hydrogens is 222 g/mol. The molecule has 96 valence electrons. The van der Waals surface area contributed by atoms with Crippen LogP contribution in [0.1, 0.15) is 31.9 Å². The summed E-state index contributed by atoms with van der Waals surface area (Å²) in [7, 11) is 0. The van der Waals surface area contributed by atoms with Crippen LogP contribution >= 0.6 is 0 Å². The summed E-state index contributed by atoms with van der Waals surface area (Å²) in [5, 5.41) is 4.52. The molecule has 0 aliphatic rings. The largest absolute Gasteiger partial charge is 0.330 e. The summed E-state index contributed by atoms with van der Waals surface area (Å²) in [5.41, 5.74) is 9.36. The summed E-state index contributed by atoms with van der Waals surface area (Å²) in [6, 6.07) is 10.8. The van der Waals surface area contributed by atoms with Crippen molar-refractivity contribution in [3.63, 3.8) is 0 Å². The summed E-state index contributed by atoms with van der Waals surface area (Å²) in [6.45, 7) is 5.04. The molecule has 2 rings (SSSR count). The van der Waals surface area contributed by atoms with Crippen LogP contribution in [0.2, 0.25) is 0 Å². The molecule has 18 heavy (non-hydrogen) atoms. The predicted octanol–water partition coefficient (Wildman–Crippen LogP) is 3.02. The number of aromatic nitrogens is 2. The third kappa shape index (κ3) is 2.62. The average molecular weight is 243 g/mol. The highest BCUT2D eigenvalue weighted by atomic mass is 15.3. The quantitative estimate of drug-likeness (QED) is 0.877. The van der Waals surface area contributed by atoms with Gasteiger partial charge in [-0.2, -0.15) is 5.10 Å². The molecule has 0 saturated carbocycles. The summed E-state index contributed by atoms with van der Waals surface area (Å²) in [4.78, 5) is 0. The van der Waals surface area contributed by atoms with E-state index in [1.807, 2.05) is 12.3 Å². The molecule has 3 nitrogen and oxygen atoms in total. The topological polar surface area (TPSA) is 43.8 Å². The van der Waals surface area contributed by atoms with Gasteiger partial charge in [0.1, 0.15) is 0 Å². The van der Waals surface area contributed by atoms with Crippen molar-refractivity contribution in [1.82, 2.24) is 9.78 Å². The van der Waals surface area contributed by atoms with E-state index in [1.165, 1.54) is 16.8 Å². The lowest BCUT2D eigenvalue weighted by atomic mass is 10.0. The minimum Gasteiger partial charge on any atom is -0.330 e. The Labute approximate surface area is 109 Å². The van der Waals surface area contributed by atoms with E-state index in [9.17, 15) is 0 Å². The minimum absolute atomic E-state index is 0.367. The van der Waals surface area contributed by atoms with Crippen LogP contribution in [-0.4, -0.2) is 16.3 Å². The molecule has 0 bridgehead atoms. The van der Waals surface area contributed by atoms with Gasteiger partial charge in [0.25, 0.3) is 0 Å². The van der Waals surface area contributed by atoms with E-state index in [0.717, 1.165) is 19.4 Å². The SMILES string of the molecule is CC(C)n1ncc(CCCN)c1-c1ccccc1. The van der Waals surface area contributed by atoms with Crippen molar-refractivity contribution in [2.45, 2.75) is 32.7 Å². The van der Waals surface area contributed by atoms with E-state index in [1.54, 1.807) is 0 Å². The fourth-order valence-corrected chi connectivity index (χ4v) is 2.18. The zero-order valence-corrected chi connectivity index (χ0v) is 11.1. The van der Waals surface area contributed by atoms with Crippen molar-refractivity contribution >= 4 is 0 Å². The van der Waals surface area contributed by atoms with Crippen LogP contribution in [0.4, 0.5) is 0 Å². The van der Waals surface area contributed by atoms with E-state index in [0.29, 0.717) is 6.04 Å². The van der Waals surface area contributed by atoms with Gasteiger partial charge in [-0.25, -0.2) is 0 Å². The van der Waals surface area contributed by atoms with Gasteiger partial charge in [0.05, 0.1) is 11.9 Å². The van der Waals surface area contributed by atoms with Crippen molar-refractivity contribution < 1.29 is 0 Å². The molecule has 0 fully saturated rings. The Morgan fingerprint density at radius 1 is 1.22 bits per heavy atom. The lowest BCUT2D eigenvalue weighted by molar-refractivity contribution is 0.538. The zero-order valence-electron chi connectivity index (χ0n) is 11.1. The Kier molecular flexibility index (Phi) is 4.15. The van der Waals surface area contributed by atoms with Crippen LogP contribution in [-0.2, 0) is 6.42 Å². The second-order valence-electron chi connectivity index (χ2n) is 4.81. The van der Waals surface area contributed by atoms with E-state index in [4.69, 9.17) is 5.73 Å². The maximum Gasteiger partial charge on any atom is 0.0717 e. The highest BCUT2D eigenvalue weighted by Gasteiger charge is 2.14. The fourth-order valence-electron chi connectivity index (χ4n) is 2.18. The summed E-state index contributed by atoms with van der Waals surface area (Å²) < 4.78 is 2.10. The van der Waals surface area contributed by atoms with Gasteiger partial charge in [-0.15, -0.1) is 0 Å². The molecular formula is C15H21N3. The third-order valence-corrected chi connectivity index (χ3v) is 3.06. The Morgan fingerprint density at radius 2 is 1.94 bits per heavy atom. The number of nitrogens with two attached hydrogens (primary N) is 1. The Bertz CT molecular complexity index is 486. The van der Waals surface area contributed by atoms with Crippen LogP contribution in [0.15, 0.2) is 36.5 Å². The molecule has 0 saturated heterocycles. The van der Waals surface area contributed by atoms with Crippen molar-refractivity contribution in [1.29, 1.82) is 0 Å². The lowest BCUT2D eigenvalue weighted by Gasteiger charge is -2.13. The molecule has 2 aromatic rings. The Morgan fingerprint density at radius 3 is 2.56 bits per heavy atom. The monoisotopic (exact) mass is 243 g/mol. The first-order valence-corrected chi connectivity index (χ1v) is 6.56. The summed E-state index contributed by atoms with van der Waals surface area (Å²) >= 11 is 0. The van der Waals surface area contributed by atoms with Crippen LogP contribution in [0, 0.1) is 0 Å². The second kappa shape index (κ2) is 5.83. The maximum atomic E-state index is 5.60. The summed E-state index contributed by atoms with van der Waals surface area (Å²) in [5.74, 6) is 0. The van der Waals surface area contributed by atoms with Gasteiger partial charge in [0.15, 0.2) is 0 Å². The average Bonchev–Trinajstić information content (AvgIpc) is 2.81. The van der Waals surface area contributed by atoms with Crippen LogP contribution in [0.5, 0.6) is 0 Å². The summed E-state index contributed by atoms with van der Waals surface area (Å²) in [6.07, 6.45) is 3.98. The molecule has 2 N–H and O–H groups in total.